The van der Waals surface area contributed by atoms with Crippen molar-refractivity contribution in [1.29, 1.82) is 0 Å². The lowest BCUT2D eigenvalue weighted by Gasteiger charge is -2.27. The van der Waals surface area contributed by atoms with Crippen molar-refractivity contribution in [1.82, 2.24) is 0 Å². The van der Waals surface area contributed by atoms with Gasteiger partial charge in [-0.3, -0.25) is 0 Å². The average Bonchev–Trinajstić information content (AvgIpc) is 2.57. The van der Waals surface area contributed by atoms with Crippen molar-refractivity contribution in [2.75, 3.05) is 0 Å². The van der Waals surface area contributed by atoms with Crippen LogP contribution in [-0.4, -0.2) is 21.9 Å². The summed E-state index contributed by atoms with van der Waals surface area (Å²) in [5.41, 5.74) is 0.119. The van der Waals surface area contributed by atoms with Crippen LogP contribution < -0.4 is 0 Å². The molecule has 13 heavy (non-hydrogen) atoms. The lowest BCUT2D eigenvalue weighted by molar-refractivity contribution is -0.0629. The van der Waals surface area contributed by atoms with Crippen LogP contribution in [0.1, 0.15) is 25.8 Å². The molecule has 0 aromatic carbocycles. The quantitative estimate of drug-likeness (QED) is 0.778. The fraction of sp³-hybridized carbons (Fsp3) is 0.600. The van der Waals surface area contributed by atoms with E-state index in [0.29, 0.717) is 12.8 Å². The Morgan fingerprint density at radius 1 is 1.62 bits per heavy atom. The van der Waals surface area contributed by atoms with E-state index in [4.69, 9.17) is 0 Å². The maximum Gasteiger partial charge on any atom is 0.0878 e. The molecule has 1 heterocycles. The SMILES string of the molecule is CCC(C)(O)C(O)Cc1ccsc1. The molecule has 2 nitrogen and oxygen atoms in total. The highest BCUT2D eigenvalue weighted by molar-refractivity contribution is 7.07. The highest BCUT2D eigenvalue weighted by Crippen LogP contribution is 2.19. The Kier molecular flexibility index (Phi) is 3.47. The Hall–Kier alpha value is -0.380. The summed E-state index contributed by atoms with van der Waals surface area (Å²) in [6.07, 6.45) is 0.426. The molecule has 0 saturated heterocycles. The molecule has 1 aromatic rings. The van der Waals surface area contributed by atoms with Gasteiger partial charge < -0.3 is 10.2 Å². The maximum atomic E-state index is 9.74. The molecule has 2 unspecified atom stereocenters. The third-order valence-corrected chi connectivity index (χ3v) is 3.17. The maximum absolute atomic E-state index is 9.74. The summed E-state index contributed by atoms with van der Waals surface area (Å²) < 4.78 is 0. The van der Waals surface area contributed by atoms with Gasteiger partial charge in [0.2, 0.25) is 0 Å². The smallest absolute Gasteiger partial charge is 0.0878 e. The molecule has 1 aromatic heterocycles. The van der Waals surface area contributed by atoms with E-state index in [0.717, 1.165) is 5.56 Å². The largest absolute Gasteiger partial charge is 0.390 e. The van der Waals surface area contributed by atoms with Crippen LogP contribution in [0.25, 0.3) is 0 Å². The lowest BCUT2D eigenvalue weighted by atomic mass is 9.92. The second kappa shape index (κ2) is 4.22. The van der Waals surface area contributed by atoms with Gasteiger partial charge in [-0.25, -0.2) is 0 Å². The average molecular weight is 200 g/mol. The normalized spacial score (nSPS) is 18.2. The van der Waals surface area contributed by atoms with Crippen molar-refractivity contribution in [3.63, 3.8) is 0 Å². The van der Waals surface area contributed by atoms with Gasteiger partial charge in [0, 0.05) is 6.42 Å². The molecule has 0 aliphatic heterocycles. The summed E-state index contributed by atoms with van der Waals surface area (Å²) in [7, 11) is 0. The van der Waals surface area contributed by atoms with E-state index in [1.54, 1.807) is 18.3 Å². The van der Waals surface area contributed by atoms with Crippen molar-refractivity contribution in [2.45, 2.75) is 38.4 Å². The van der Waals surface area contributed by atoms with Crippen LogP contribution in [0.3, 0.4) is 0 Å². The van der Waals surface area contributed by atoms with Gasteiger partial charge in [0.25, 0.3) is 0 Å². The van der Waals surface area contributed by atoms with Crippen LogP contribution in [0.2, 0.25) is 0 Å². The molecule has 0 fully saturated rings. The minimum Gasteiger partial charge on any atom is -0.390 e. The first-order valence-electron chi connectivity index (χ1n) is 4.48. The summed E-state index contributed by atoms with van der Waals surface area (Å²) in [6, 6.07) is 1.97. The molecule has 2 atom stereocenters. The molecule has 0 amide bonds. The van der Waals surface area contributed by atoms with Crippen LogP contribution in [0, 0.1) is 0 Å². The van der Waals surface area contributed by atoms with Crippen LogP contribution in [0.5, 0.6) is 0 Å². The van der Waals surface area contributed by atoms with Crippen LogP contribution in [0.15, 0.2) is 16.8 Å². The van der Waals surface area contributed by atoms with E-state index < -0.39 is 11.7 Å². The van der Waals surface area contributed by atoms with E-state index in [1.807, 2.05) is 23.8 Å². The molecular weight excluding hydrogens is 184 g/mol. The second-order valence-corrected chi connectivity index (χ2v) is 4.34. The molecule has 0 saturated carbocycles. The Morgan fingerprint density at radius 3 is 2.77 bits per heavy atom. The predicted molar refractivity (Wildman–Crippen MR) is 54.9 cm³/mol. The fourth-order valence-corrected chi connectivity index (χ4v) is 1.77. The first-order chi connectivity index (χ1) is 6.06. The van der Waals surface area contributed by atoms with E-state index in [9.17, 15) is 10.2 Å². The van der Waals surface area contributed by atoms with Gasteiger partial charge in [0.05, 0.1) is 11.7 Å². The zero-order valence-electron chi connectivity index (χ0n) is 8.03. The van der Waals surface area contributed by atoms with Gasteiger partial charge in [0.1, 0.15) is 0 Å². The van der Waals surface area contributed by atoms with Gasteiger partial charge >= 0.3 is 0 Å². The number of rotatable bonds is 4. The Bertz CT molecular complexity index is 241. The molecule has 2 N–H and O–H groups in total. The van der Waals surface area contributed by atoms with Crippen LogP contribution in [0.4, 0.5) is 0 Å². The number of thiophene rings is 1. The molecule has 1 rings (SSSR count). The zero-order valence-corrected chi connectivity index (χ0v) is 8.84. The van der Waals surface area contributed by atoms with E-state index in [2.05, 4.69) is 0 Å². The van der Waals surface area contributed by atoms with Gasteiger partial charge in [-0.15, -0.1) is 0 Å². The third kappa shape index (κ3) is 2.79. The Morgan fingerprint density at radius 2 is 2.31 bits per heavy atom. The van der Waals surface area contributed by atoms with Crippen molar-refractivity contribution in [2.24, 2.45) is 0 Å². The minimum atomic E-state index is -0.970. The lowest BCUT2D eigenvalue weighted by Crippen LogP contribution is -2.39. The molecule has 0 aliphatic carbocycles. The Balaban J connectivity index is 2.55. The monoisotopic (exact) mass is 200 g/mol. The van der Waals surface area contributed by atoms with Crippen LogP contribution in [-0.2, 0) is 6.42 Å². The highest BCUT2D eigenvalue weighted by Gasteiger charge is 2.28. The Labute approximate surface area is 82.8 Å². The molecule has 74 valence electrons. The predicted octanol–water partition coefficient (Wildman–Crippen LogP) is 1.81. The van der Waals surface area contributed by atoms with Gasteiger partial charge in [-0.1, -0.05) is 6.92 Å². The number of aliphatic hydroxyl groups excluding tert-OH is 1. The second-order valence-electron chi connectivity index (χ2n) is 3.56. The van der Waals surface area contributed by atoms with E-state index in [-0.39, 0.29) is 0 Å². The van der Waals surface area contributed by atoms with Crippen molar-refractivity contribution in [3.05, 3.63) is 22.4 Å². The first-order valence-corrected chi connectivity index (χ1v) is 5.42. The third-order valence-electron chi connectivity index (χ3n) is 2.44. The summed E-state index contributed by atoms with van der Waals surface area (Å²) in [5.74, 6) is 0. The van der Waals surface area contributed by atoms with Crippen molar-refractivity contribution < 1.29 is 10.2 Å². The van der Waals surface area contributed by atoms with Crippen LogP contribution >= 0.6 is 11.3 Å². The van der Waals surface area contributed by atoms with Gasteiger partial charge in [0.15, 0.2) is 0 Å². The topological polar surface area (TPSA) is 40.5 Å². The zero-order chi connectivity index (χ0) is 9.90. The molecule has 0 spiro atoms. The van der Waals surface area contributed by atoms with Crippen molar-refractivity contribution >= 4 is 11.3 Å². The summed E-state index contributed by atoms with van der Waals surface area (Å²) in [4.78, 5) is 0. The van der Waals surface area contributed by atoms with E-state index in [1.165, 1.54) is 0 Å². The molecule has 0 radical (unpaired) electrons. The number of hydrogen-bond donors (Lipinski definition) is 2. The summed E-state index contributed by atoms with van der Waals surface area (Å²) >= 11 is 1.61. The molecule has 3 heteroatoms. The van der Waals surface area contributed by atoms with E-state index >= 15 is 0 Å². The van der Waals surface area contributed by atoms with Gasteiger partial charge in [-0.05, 0) is 35.7 Å². The highest BCUT2D eigenvalue weighted by atomic mass is 32.1. The molecule has 0 bridgehead atoms. The number of hydrogen-bond acceptors (Lipinski definition) is 3. The summed E-state index contributed by atoms with van der Waals surface area (Å²) in [5, 5.41) is 23.4. The minimum absolute atomic E-state index is 0.532. The first kappa shape index (κ1) is 10.7. The van der Waals surface area contributed by atoms with Gasteiger partial charge in [-0.2, -0.15) is 11.3 Å². The standard InChI is InChI=1S/C10H16O2S/c1-3-10(2,12)9(11)6-8-4-5-13-7-8/h4-5,7,9,11-12H,3,6H2,1-2H3. The number of aliphatic hydroxyl groups is 2. The molecular formula is C10H16O2S. The fourth-order valence-electron chi connectivity index (χ4n) is 1.09. The summed E-state index contributed by atoms with van der Waals surface area (Å²) in [6.45, 7) is 3.54. The van der Waals surface area contributed by atoms with Crippen molar-refractivity contribution in [3.8, 4) is 0 Å². The molecule has 0 aliphatic rings.